The Morgan fingerprint density at radius 1 is 1.65 bits per heavy atom. The van der Waals surface area contributed by atoms with Gasteiger partial charge in [-0.15, -0.1) is 0 Å². The van der Waals surface area contributed by atoms with Crippen molar-refractivity contribution in [3.63, 3.8) is 0 Å². The number of rotatable bonds is 6. The summed E-state index contributed by atoms with van der Waals surface area (Å²) in [6, 6.07) is 0.688. The second-order valence-corrected chi connectivity index (χ2v) is 4.47. The van der Waals surface area contributed by atoms with E-state index in [1.165, 1.54) is 10.9 Å². The van der Waals surface area contributed by atoms with Gasteiger partial charge in [0.2, 0.25) is 0 Å². The van der Waals surface area contributed by atoms with E-state index in [0.717, 1.165) is 0 Å². The van der Waals surface area contributed by atoms with Crippen molar-refractivity contribution in [1.82, 2.24) is 15.1 Å². The number of nitrogens with zero attached hydrogens (tertiary/aromatic N) is 2. The van der Waals surface area contributed by atoms with Gasteiger partial charge in [0.15, 0.2) is 0 Å². The van der Waals surface area contributed by atoms with Gasteiger partial charge in [-0.1, -0.05) is 0 Å². The van der Waals surface area contributed by atoms with Crippen LogP contribution in [0.3, 0.4) is 0 Å². The molecule has 1 atom stereocenters. The quantitative estimate of drug-likeness (QED) is 0.768. The smallest absolute Gasteiger partial charge is 0.326 e. The molecule has 1 amide bonds. The van der Waals surface area contributed by atoms with Gasteiger partial charge >= 0.3 is 5.97 Å². The fourth-order valence-electron chi connectivity index (χ4n) is 1.32. The summed E-state index contributed by atoms with van der Waals surface area (Å²) in [5.74, 6) is -0.754. The monoisotopic (exact) mass is 257 g/mol. The second kappa shape index (κ2) is 6.29. The van der Waals surface area contributed by atoms with Crippen LogP contribution in [0.2, 0.25) is 0 Å². The first-order valence-electron chi connectivity index (χ1n) is 5.07. The highest BCUT2D eigenvalue weighted by atomic mass is 32.2. The van der Waals surface area contributed by atoms with Gasteiger partial charge in [0, 0.05) is 13.2 Å². The number of hydrogen-bond acceptors (Lipinski definition) is 4. The number of carbonyl (C=O) groups excluding carboxylic acids is 1. The number of nitrogens with one attached hydrogen (secondary N) is 1. The molecule has 0 aliphatic heterocycles. The zero-order valence-electron chi connectivity index (χ0n) is 9.71. The van der Waals surface area contributed by atoms with E-state index >= 15 is 0 Å². The molecular formula is C10H15N3O3S. The number of amides is 1. The molecule has 94 valence electrons. The summed E-state index contributed by atoms with van der Waals surface area (Å²) in [6.07, 6.45) is 3.79. The molecular weight excluding hydrogens is 242 g/mol. The van der Waals surface area contributed by atoms with Gasteiger partial charge < -0.3 is 10.4 Å². The number of aromatic nitrogens is 2. The predicted octanol–water partition coefficient (Wildman–Crippen LogP) is 0.356. The van der Waals surface area contributed by atoms with E-state index in [-0.39, 0.29) is 0 Å². The maximum Gasteiger partial charge on any atom is 0.326 e. The van der Waals surface area contributed by atoms with Gasteiger partial charge in [-0.2, -0.15) is 16.9 Å². The van der Waals surface area contributed by atoms with E-state index < -0.39 is 17.9 Å². The third-order valence-corrected chi connectivity index (χ3v) is 2.91. The Morgan fingerprint density at radius 3 is 2.82 bits per heavy atom. The molecule has 17 heavy (non-hydrogen) atoms. The summed E-state index contributed by atoms with van der Waals surface area (Å²) in [4.78, 5) is 22.7. The van der Waals surface area contributed by atoms with Crippen LogP contribution >= 0.6 is 11.8 Å². The number of carbonyl (C=O) groups is 2. The van der Waals surface area contributed by atoms with Crippen molar-refractivity contribution < 1.29 is 14.7 Å². The number of aliphatic carboxylic acids is 1. The minimum absolute atomic E-state index is 0.348. The SMILES string of the molecule is CSCC[C@H](NC(=O)c1ccnn1C)C(=O)O. The van der Waals surface area contributed by atoms with Crippen LogP contribution in [-0.2, 0) is 11.8 Å². The molecule has 0 saturated heterocycles. The molecule has 1 aromatic rings. The van der Waals surface area contributed by atoms with Crippen molar-refractivity contribution in [3.8, 4) is 0 Å². The van der Waals surface area contributed by atoms with Gasteiger partial charge in [0.1, 0.15) is 11.7 Å². The molecule has 0 aliphatic rings. The van der Waals surface area contributed by atoms with Gasteiger partial charge in [-0.05, 0) is 24.5 Å². The fraction of sp³-hybridized carbons (Fsp3) is 0.500. The first-order chi connectivity index (χ1) is 8.06. The normalized spacial score (nSPS) is 12.1. The van der Waals surface area contributed by atoms with Crippen molar-refractivity contribution in [2.45, 2.75) is 12.5 Å². The second-order valence-electron chi connectivity index (χ2n) is 3.49. The molecule has 1 aromatic heterocycles. The van der Waals surface area contributed by atoms with Crippen molar-refractivity contribution >= 4 is 23.6 Å². The molecule has 2 N–H and O–H groups in total. The Morgan fingerprint density at radius 2 is 2.35 bits per heavy atom. The van der Waals surface area contributed by atoms with Crippen molar-refractivity contribution in [2.75, 3.05) is 12.0 Å². The highest BCUT2D eigenvalue weighted by molar-refractivity contribution is 7.98. The molecule has 1 heterocycles. The molecule has 0 radical (unpaired) electrons. The van der Waals surface area contributed by atoms with Crippen molar-refractivity contribution in [2.24, 2.45) is 7.05 Å². The highest BCUT2D eigenvalue weighted by Crippen LogP contribution is 2.03. The maximum atomic E-state index is 11.8. The van der Waals surface area contributed by atoms with Gasteiger partial charge in [-0.25, -0.2) is 4.79 Å². The summed E-state index contributed by atoms with van der Waals surface area (Å²) in [6.45, 7) is 0. The van der Waals surface area contributed by atoms with Crippen LogP contribution in [0.15, 0.2) is 12.3 Å². The molecule has 0 aliphatic carbocycles. The molecule has 0 saturated carbocycles. The number of hydrogen-bond donors (Lipinski definition) is 2. The average molecular weight is 257 g/mol. The van der Waals surface area contributed by atoms with Crippen LogP contribution in [0.1, 0.15) is 16.9 Å². The molecule has 1 rings (SSSR count). The molecule has 0 aromatic carbocycles. The van der Waals surface area contributed by atoms with Crippen LogP contribution in [-0.4, -0.2) is 44.8 Å². The predicted molar refractivity (Wildman–Crippen MR) is 65.1 cm³/mol. The summed E-state index contributed by atoms with van der Waals surface area (Å²) in [7, 11) is 1.63. The van der Waals surface area contributed by atoms with Crippen molar-refractivity contribution in [3.05, 3.63) is 18.0 Å². The molecule has 0 unspecified atom stereocenters. The third kappa shape index (κ3) is 3.77. The van der Waals surface area contributed by atoms with E-state index in [1.54, 1.807) is 24.9 Å². The zero-order chi connectivity index (χ0) is 12.8. The first kappa shape index (κ1) is 13.6. The first-order valence-corrected chi connectivity index (χ1v) is 6.46. The van der Waals surface area contributed by atoms with Gasteiger partial charge in [0.05, 0.1) is 0 Å². The largest absolute Gasteiger partial charge is 0.480 e. The highest BCUT2D eigenvalue weighted by Gasteiger charge is 2.21. The van der Waals surface area contributed by atoms with Crippen LogP contribution in [0.25, 0.3) is 0 Å². The zero-order valence-corrected chi connectivity index (χ0v) is 10.5. The standard InChI is InChI=1S/C10H15N3O3S/c1-13-8(3-5-11-13)9(14)12-7(10(15)16)4-6-17-2/h3,5,7H,4,6H2,1-2H3,(H,12,14)(H,15,16)/t7-/m0/s1. The third-order valence-electron chi connectivity index (χ3n) is 2.27. The van der Waals surface area contributed by atoms with E-state index in [2.05, 4.69) is 10.4 Å². The van der Waals surface area contributed by atoms with Crippen LogP contribution in [0, 0.1) is 0 Å². The summed E-state index contributed by atoms with van der Waals surface area (Å²) >= 11 is 1.54. The number of carboxylic acid groups (broad SMARTS) is 1. The fourth-order valence-corrected chi connectivity index (χ4v) is 1.79. The van der Waals surface area contributed by atoms with Crippen LogP contribution in [0.5, 0.6) is 0 Å². The number of carboxylic acids is 1. The molecule has 0 fully saturated rings. The van der Waals surface area contributed by atoms with E-state index in [4.69, 9.17) is 5.11 Å². The van der Waals surface area contributed by atoms with E-state index in [1.807, 2.05) is 6.26 Å². The molecule has 0 bridgehead atoms. The van der Waals surface area contributed by atoms with E-state index in [9.17, 15) is 9.59 Å². The van der Waals surface area contributed by atoms with Crippen molar-refractivity contribution in [1.29, 1.82) is 0 Å². The lowest BCUT2D eigenvalue weighted by atomic mass is 10.2. The minimum Gasteiger partial charge on any atom is -0.480 e. The molecule has 0 spiro atoms. The summed E-state index contributed by atoms with van der Waals surface area (Å²) in [5, 5.41) is 15.3. The average Bonchev–Trinajstić information content (AvgIpc) is 2.70. The Bertz CT molecular complexity index is 405. The van der Waals surface area contributed by atoms with Crippen LogP contribution in [0.4, 0.5) is 0 Å². The van der Waals surface area contributed by atoms with Gasteiger partial charge in [-0.3, -0.25) is 9.48 Å². The molecule has 7 heteroatoms. The topological polar surface area (TPSA) is 84.2 Å². The van der Waals surface area contributed by atoms with Crippen LogP contribution < -0.4 is 5.32 Å². The lowest BCUT2D eigenvalue weighted by molar-refractivity contribution is -0.139. The lowest BCUT2D eigenvalue weighted by Crippen LogP contribution is -2.41. The number of thioether (sulfide) groups is 1. The Hall–Kier alpha value is -1.50. The lowest BCUT2D eigenvalue weighted by Gasteiger charge is -2.13. The number of aryl methyl sites for hydroxylation is 1. The maximum absolute atomic E-state index is 11.8. The summed E-state index contributed by atoms with van der Waals surface area (Å²) < 4.78 is 1.41. The van der Waals surface area contributed by atoms with Gasteiger partial charge in [0.25, 0.3) is 5.91 Å². The minimum atomic E-state index is -1.02. The Kier molecular flexibility index (Phi) is 5.02. The summed E-state index contributed by atoms with van der Waals surface area (Å²) in [5.41, 5.74) is 0.348. The molecule has 6 nitrogen and oxygen atoms in total. The Balaban J connectivity index is 2.64. The van der Waals surface area contributed by atoms with E-state index in [0.29, 0.717) is 17.9 Å². The Labute approximate surface area is 103 Å².